The third-order valence-corrected chi connectivity index (χ3v) is 6.08. The van der Waals surface area contributed by atoms with Crippen LogP contribution in [0.2, 0.25) is 0 Å². The monoisotopic (exact) mass is 465 g/mol. The van der Waals surface area contributed by atoms with Crippen LogP contribution < -0.4 is 10.0 Å². The van der Waals surface area contributed by atoms with Crippen LogP contribution in [0.5, 0.6) is 0 Å². The highest BCUT2D eigenvalue weighted by molar-refractivity contribution is 6.38. The maximum atomic E-state index is 13.6. The van der Waals surface area contributed by atoms with E-state index < -0.39 is 17.9 Å². The van der Waals surface area contributed by atoms with Gasteiger partial charge in [-0.25, -0.2) is 14.8 Å². The average Bonchev–Trinajstić information content (AvgIpc) is 3.39. The summed E-state index contributed by atoms with van der Waals surface area (Å²) >= 11 is 0. The van der Waals surface area contributed by atoms with Gasteiger partial charge in [0, 0.05) is 22.7 Å². The van der Waals surface area contributed by atoms with E-state index in [1.807, 2.05) is 60.7 Å². The zero-order valence-electron chi connectivity index (χ0n) is 19.3. The van der Waals surface area contributed by atoms with E-state index in [4.69, 9.17) is 4.74 Å². The van der Waals surface area contributed by atoms with E-state index in [-0.39, 0.29) is 11.5 Å². The van der Waals surface area contributed by atoms with Gasteiger partial charge in [-0.2, -0.15) is 0 Å². The first kappa shape index (κ1) is 22.2. The zero-order chi connectivity index (χ0) is 24.5. The number of anilines is 2. The van der Waals surface area contributed by atoms with Crippen molar-refractivity contribution in [3.63, 3.8) is 0 Å². The molecule has 4 aromatic rings. The van der Waals surface area contributed by atoms with Crippen molar-refractivity contribution in [2.45, 2.75) is 13.0 Å². The van der Waals surface area contributed by atoms with Crippen molar-refractivity contribution in [1.29, 1.82) is 0 Å². The number of methoxy groups -OCH3 is 1. The highest BCUT2D eigenvalue weighted by atomic mass is 16.5. The number of rotatable bonds is 5. The molecule has 1 atom stereocenters. The van der Waals surface area contributed by atoms with Gasteiger partial charge in [-0.1, -0.05) is 54.6 Å². The summed E-state index contributed by atoms with van der Waals surface area (Å²) in [4.78, 5) is 39.5. The van der Waals surface area contributed by atoms with Gasteiger partial charge >= 0.3 is 5.97 Å². The lowest BCUT2D eigenvalue weighted by atomic mass is 10.1. The zero-order valence-corrected chi connectivity index (χ0v) is 19.3. The fraction of sp³-hybridized carbons (Fsp3) is 0.107. The van der Waals surface area contributed by atoms with Crippen LogP contribution in [0.1, 0.15) is 18.5 Å². The summed E-state index contributed by atoms with van der Waals surface area (Å²) in [5.74, 6) is -1.24. The number of ether oxygens (including phenoxy) is 1. The predicted octanol–water partition coefficient (Wildman–Crippen LogP) is 4.75. The molecule has 35 heavy (non-hydrogen) atoms. The van der Waals surface area contributed by atoms with Crippen molar-refractivity contribution in [1.82, 2.24) is 4.57 Å². The Labute approximate surface area is 202 Å². The standard InChI is InChI=1S/C28H23N3O4/c1-19(28(34)35-2)29-18-20(23-15-9-10-16-25(23)29)17-24-26(32)30(21-11-5-3-6-12-21)31(27(24)33)22-13-7-4-8-14-22/h3-19H,1-2H3. The van der Waals surface area contributed by atoms with Crippen molar-refractivity contribution in [3.8, 4) is 0 Å². The van der Waals surface area contributed by atoms with Crippen molar-refractivity contribution in [2.75, 3.05) is 17.1 Å². The largest absolute Gasteiger partial charge is 0.467 e. The molecule has 0 spiro atoms. The molecule has 0 N–H and O–H groups in total. The van der Waals surface area contributed by atoms with Crippen LogP contribution in [0.15, 0.2) is 96.7 Å². The summed E-state index contributed by atoms with van der Waals surface area (Å²) < 4.78 is 6.71. The minimum atomic E-state index is -0.575. The Morgan fingerprint density at radius 3 is 1.86 bits per heavy atom. The van der Waals surface area contributed by atoms with Crippen molar-refractivity contribution in [2.24, 2.45) is 0 Å². The van der Waals surface area contributed by atoms with E-state index in [0.717, 1.165) is 10.9 Å². The number of carbonyl (C=O) groups excluding carboxylic acids is 3. The topological polar surface area (TPSA) is 71.8 Å². The van der Waals surface area contributed by atoms with Gasteiger partial charge in [0.25, 0.3) is 11.8 Å². The van der Waals surface area contributed by atoms with Crippen molar-refractivity contribution in [3.05, 3.63) is 102 Å². The molecular formula is C28H23N3O4. The van der Waals surface area contributed by atoms with Gasteiger partial charge in [0.15, 0.2) is 0 Å². The molecule has 174 valence electrons. The average molecular weight is 466 g/mol. The molecule has 2 amide bonds. The molecular weight excluding hydrogens is 442 g/mol. The number of hydrazine groups is 1. The normalized spacial score (nSPS) is 14.5. The van der Waals surface area contributed by atoms with Crippen LogP contribution in [0.4, 0.5) is 11.4 Å². The van der Waals surface area contributed by atoms with Crippen LogP contribution >= 0.6 is 0 Å². The van der Waals surface area contributed by atoms with Crippen LogP contribution in [0, 0.1) is 0 Å². The van der Waals surface area contributed by atoms with Gasteiger partial charge in [-0.3, -0.25) is 9.59 Å². The molecule has 2 heterocycles. The Balaban J connectivity index is 1.66. The van der Waals surface area contributed by atoms with E-state index in [2.05, 4.69) is 0 Å². The van der Waals surface area contributed by atoms with Crippen LogP contribution in [0.3, 0.4) is 0 Å². The lowest BCUT2D eigenvalue weighted by molar-refractivity contribution is -0.143. The molecule has 7 heteroatoms. The van der Waals surface area contributed by atoms with E-state index in [0.29, 0.717) is 16.9 Å². The molecule has 1 aliphatic rings. The molecule has 0 saturated carbocycles. The van der Waals surface area contributed by atoms with Crippen LogP contribution in [-0.2, 0) is 19.1 Å². The second-order valence-electron chi connectivity index (χ2n) is 8.17. The number of esters is 1. The summed E-state index contributed by atoms with van der Waals surface area (Å²) in [5, 5.41) is 3.60. The number of benzene rings is 3. The number of fused-ring (bicyclic) bond motifs is 1. The Morgan fingerprint density at radius 1 is 0.800 bits per heavy atom. The first-order chi connectivity index (χ1) is 17.0. The van der Waals surface area contributed by atoms with E-state index in [9.17, 15) is 14.4 Å². The van der Waals surface area contributed by atoms with E-state index >= 15 is 0 Å². The Bertz CT molecular complexity index is 1400. The highest BCUT2D eigenvalue weighted by Crippen LogP contribution is 2.34. The van der Waals surface area contributed by atoms with Gasteiger partial charge in [0.05, 0.1) is 18.5 Å². The number of hydrogen-bond acceptors (Lipinski definition) is 4. The molecule has 0 aliphatic carbocycles. The second-order valence-corrected chi connectivity index (χ2v) is 8.17. The third kappa shape index (κ3) is 3.77. The number of aromatic nitrogens is 1. The fourth-order valence-corrected chi connectivity index (χ4v) is 4.34. The summed E-state index contributed by atoms with van der Waals surface area (Å²) in [6, 6.07) is 25.1. The SMILES string of the molecule is COC(=O)C(C)n1cc(C=C2C(=O)N(c3ccccc3)N(c3ccccc3)C2=O)c2ccccc21. The lowest BCUT2D eigenvalue weighted by Crippen LogP contribution is -2.41. The lowest BCUT2D eigenvalue weighted by Gasteiger charge is -2.27. The molecule has 0 bridgehead atoms. The number of amides is 2. The highest BCUT2D eigenvalue weighted by Gasteiger charge is 2.43. The summed E-state index contributed by atoms with van der Waals surface area (Å²) in [7, 11) is 1.35. The van der Waals surface area contributed by atoms with Gasteiger partial charge < -0.3 is 9.30 Å². The molecule has 7 nitrogen and oxygen atoms in total. The fourth-order valence-electron chi connectivity index (χ4n) is 4.34. The summed E-state index contributed by atoms with van der Waals surface area (Å²) in [5.41, 5.74) is 2.66. The summed E-state index contributed by atoms with van der Waals surface area (Å²) in [6.45, 7) is 1.75. The van der Waals surface area contributed by atoms with Crippen molar-refractivity contribution < 1.29 is 19.1 Å². The molecule has 1 aliphatic heterocycles. The molecule has 1 aromatic heterocycles. The Morgan fingerprint density at radius 2 is 1.31 bits per heavy atom. The molecule has 5 rings (SSSR count). The van der Waals surface area contributed by atoms with Crippen LogP contribution in [-0.4, -0.2) is 29.5 Å². The summed E-state index contributed by atoms with van der Waals surface area (Å²) in [6.07, 6.45) is 3.38. The number of hydrogen-bond donors (Lipinski definition) is 0. The maximum Gasteiger partial charge on any atom is 0.328 e. The van der Waals surface area contributed by atoms with Gasteiger partial charge in [-0.15, -0.1) is 0 Å². The molecule has 1 saturated heterocycles. The first-order valence-corrected chi connectivity index (χ1v) is 11.2. The quantitative estimate of drug-likeness (QED) is 0.242. The number of nitrogens with zero attached hydrogens (tertiary/aromatic N) is 3. The Kier molecular flexibility index (Phi) is 5.66. The minimum Gasteiger partial charge on any atom is -0.467 e. The maximum absolute atomic E-state index is 13.6. The molecule has 3 aromatic carbocycles. The molecule has 0 radical (unpaired) electrons. The second kappa shape index (κ2) is 8.95. The molecule has 1 unspecified atom stereocenters. The minimum absolute atomic E-state index is 0.0336. The van der Waals surface area contributed by atoms with Crippen molar-refractivity contribution >= 4 is 46.1 Å². The van der Waals surface area contributed by atoms with E-state index in [1.165, 1.54) is 17.1 Å². The number of para-hydroxylation sites is 3. The van der Waals surface area contributed by atoms with Gasteiger partial charge in [-0.05, 0) is 43.3 Å². The number of carbonyl (C=O) groups is 3. The Hall–Kier alpha value is -4.65. The first-order valence-electron chi connectivity index (χ1n) is 11.2. The van der Waals surface area contributed by atoms with Gasteiger partial charge in [0.1, 0.15) is 11.6 Å². The predicted molar refractivity (Wildman–Crippen MR) is 134 cm³/mol. The van der Waals surface area contributed by atoms with Crippen LogP contribution in [0.25, 0.3) is 17.0 Å². The third-order valence-electron chi connectivity index (χ3n) is 6.08. The van der Waals surface area contributed by atoms with E-state index in [1.54, 1.807) is 48.0 Å². The smallest absolute Gasteiger partial charge is 0.328 e. The molecule has 1 fully saturated rings. The van der Waals surface area contributed by atoms with Gasteiger partial charge in [0.2, 0.25) is 0 Å².